The summed E-state index contributed by atoms with van der Waals surface area (Å²) < 4.78 is -0.0553. The molecule has 0 aromatic carbocycles. The molecule has 1 N–H and O–H groups in total. The number of rotatable bonds is 6. The predicted molar refractivity (Wildman–Crippen MR) is 62.9 cm³/mol. The van der Waals surface area contributed by atoms with E-state index in [9.17, 15) is 4.79 Å². The number of thiol groups is 1. The molecule has 3 heteroatoms. The van der Waals surface area contributed by atoms with E-state index in [0.717, 1.165) is 19.3 Å². The summed E-state index contributed by atoms with van der Waals surface area (Å²) in [5, 5.41) is 8.82. The second-order valence-corrected chi connectivity index (χ2v) is 5.84. The van der Waals surface area contributed by atoms with Crippen LogP contribution in [0, 0.1) is 5.41 Å². The molecule has 0 bridgehead atoms. The molecule has 0 spiro atoms. The lowest BCUT2D eigenvalue weighted by atomic mass is 9.75. The third kappa shape index (κ3) is 4.89. The van der Waals surface area contributed by atoms with Crippen LogP contribution in [-0.2, 0) is 4.79 Å². The Bertz CT molecular complexity index is 201. The molecule has 2 nitrogen and oxygen atoms in total. The molecule has 0 radical (unpaired) electrons. The van der Waals surface area contributed by atoms with Crippen LogP contribution in [0.15, 0.2) is 0 Å². The fraction of sp³-hybridized carbons (Fsp3) is 0.909. The summed E-state index contributed by atoms with van der Waals surface area (Å²) in [6.07, 6.45) is 2.93. The number of aliphatic carboxylic acids is 1. The summed E-state index contributed by atoms with van der Waals surface area (Å²) in [5.41, 5.74) is -0.127. The summed E-state index contributed by atoms with van der Waals surface area (Å²) >= 11 is 4.56. The Morgan fingerprint density at radius 2 is 1.79 bits per heavy atom. The zero-order valence-corrected chi connectivity index (χ0v) is 10.5. The number of hydrogen-bond donors (Lipinski definition) is 2. The normalized spacial score (nSPS) is 19.8. The molecular formula is C11H22O2S. The lowest BCUT2D eigenvalue weighted by molar-refractivity contribution is -0.139. The molecule has 0 fully saturated rings. The fourth-order valence-corrected chi connectivity index (χ4v) is 2.10. The number of carboxylic acids is 1. The van der Waals surface area contributed by atoms with Crippen molar-refractivity contribution in [1.29, 1.82) is 0 Å². The maximum Gasteiger partial charge on any atom is 0.303 e. The van der Waals surface area contributed by atoms with Crippen molar-refractivity contribution >= 4 is 18.6 Å². The van der Waals surface area contributed by atoms with E-state index in [2.05, 4.69) is 26.5 Å². The zero-order valence-electron chi connectivity index (χ0n) is 9.63. The topological polar surface area (TPSA) is 37.3 Å². The van der Waals surface area contributed by atoms with Crippen LogP contribution in [0.5, 0.6) is 0 Å². The lowest BCUT2D eigenvalue weighted by Gasteiger charge is -2.34. The lowest BCUT2D eigenvalue weighted by Crippen LogP contribution is -2.29. The summed E-state index contributed by atoms with van der Waals surface area (Å²) in [6.45, 7) is 8.24. The van der Waals surface area contributed by atoms with Crippen molar-refractivity contribution in [2.45, 2.75) is 58.1 Å². The van der Waals surface area contributed by atoms with Crippen molar-refractivity contribution in [3.8, 4) is 0 Å². The van der Waals surface area contributed by atoms with E-state index in [0.29, 0.717) is 0 Å². The van der Waals surface area contributed by atoms with Gasteiger partial charge in [0.15, 0.2) is 0 Å². The molecule has 0 saturated heterocycles. The van der Waals surface area contributed by atoms with Gasteiger partial charge in [-0.2, -0.15) is 12.6 Å². The average Bonchev–Trinajstić information content (AvgIpc) is 2.02. The van der Waals surface area contributed by atoms with Gasteiger partial charge in [-0.3, -0.25) is 4.79 Å². The van der Waals surface area contributed by atoms with E-state index in [1.165, 1.54) is 0 Å². The van der Waals surface area contributed by atoms with Crippen LogP contribution >= 0.6 is 12.6 Å². The van der Waals surface area contributed by atoms with E-state index in [1.54, 1.807) is 0 Å². The molecule has 0 aliphatic rings. The first-order chi connectivity index (χ1) is 6.24. The first kappa shape index (κ1) is 13.8. The summed E-state index contributed by atoms with van der Waals surface area (Å²) in [4.78, 5) is 10.7. The van der Waals surface area contributed by atoms with Gasteiger partial charge in [0.05, 0.1) is 6.42 Å². The van der Waals surface area contributed by atoms with Crippen LogP contribution < -0.4 is 0 Å². The van der Waals surface area contributed by atoms with E-state index in [1.807, 2.05) is 13.8 Å². The minimum Gasteiger partial charge on any atom is -0.481 e. The number of hydrogen-bond acceptors (Lipinski definition) is 2. The largest absolute Gasteiger partial charge is 0.481 e. The Labute approximate surface area is 92.5 Å². The monoisotopic (exact) mass is 218 g/mol. The molecule has 0 aliphatic heterocycles. The van der Waals surface area contributed by atoms with Crippen molar-refractivity contribution < 1.29 is 9.90 Å². The van der Waals surface area contributed by atoms with Gasteiger partial charge in [0.1, 0.15) is 0 Å². The fourth-order valence-electron chi connectivity index (χ4n) is 1.72. The predicted octanol–water partition coefficient (Wildman–Crippen LogP) is 3.37. The van der Waals surface area contributed by atoms with Gasteiger partial charge in [0.25, 0.3) is 0 Å². The Morgan fingerprint density at radius 1 is 1.29 bits per heavy atom. The van der Waals surface area contributed by atoms with Crippen LogP contribution in [0.4, 0.5) is 0 Å². The Hall–Kier alpha value is -0.180. The van der Waals surface area contributed by atoms with Crippen molar-refractivity contribution in [1.82, 2.24) is 0 Å². The highest BCUT2D eigenvalue weighted by Crippen LogP contribution is 2.39. The van der Waals surface area contributed by atoms with Gasteiger partial charge < -0.3 is 5.11 Å². The van der Waals surface area contributed by atoms with Crippen molar-refractivity contribution in [2.75, 3.05) is 0 Å². The molecule has 84 valence electrons. The standard InChI is InChI=1S/C11H22O2S/c1-5-10(3,7-9(12)13)8-11(4,14)6-2/h14H,5-8H2,1-4H3,(H,12,13). The van der Waals surface area contributed by atoms with Crippen molar-refractivity contribution in [2.24, 2.45) is 5.41 Å². The highest BCUT2D eigenvalue weighted by Gasteiger charge is 2.32. The third-order valence-electron chi connectivity index (χ3n) is 3.00. The highest BCUT2D eigenvalue weighted by atomic mass is 32.1. The average molecular weight is 218 g/mol. The van der Waals surface area contributed by atoms with E-state index in [-0.39, 0.29) is 16.6 Å². The third-order valence-corrected chi connectivity index (χ3v) is 3.48. The van der Waals surface area contributed by atoms with Gasteiger partial charge in [-0.1, -0.05) is 34.1 Å². The van der Waals surface area contributed by atoms with Gasteiger partial charge in [-0.25, -0.2) is 0 Å². The summed E-state index contributed by atoms with van der Waals surface area (Å²) in [6, 6.07) is 0. The molecule has 0 aromatic heterocycles. The molecule has 2 atom stereocenters. The Morgan fingerprint density at radius 3 is 2.07 bits per heavy atom. The summed E-state index contributed by atoms with van der Waals surface area (Å²) in [5.74, 6) is -0.713. The van der Waals surface area contributed by atoms with Crippen LogP contribution in [0.3, 0.4) is 0 Å². The maximum absolute atomic E-state index is 10.7. The summed E-state index contributed by atoms with van der Waals surface area (Å²) in [7, 11) is 0. The van der Waals surface area contributed by atoms with Crippen LogP contribution in [0.1, 0.15) is 53.4 Å². The highest BCUT2D eigenvalue weighted by molar-refractivity contribution is 7.81. The first-order valence-electron chi connectivity index (χ1n) is 5.19. The maximum atomic E-state index is 10.7. The molecule has 0 heterocycles. The molecule has 0 aromatic rings. The Balaban J connectivity index is 4.46. The second kappa shape index (κ2) is 5.06. The van der Waals surface area contributed by atoms with Gasteiger partial charge in [0, 0.05) is 4.75 Å². The van der Waals surface area contributed by atoms with E-state index < -0.39 is 5.97 Å². The molecule has 0 saturated carbocycles. The quantitative estimate of drug-likeness (QED) is 0.671. The minimum absolute atomic E-state index is 0.0553. The van der Waals surface area contributed by atoms with Gasteiger partial charge in [-0.05, 0) is 18.3 Å². The Kier molecular flexibility index (Phi) is 4.99. The van der Waals surface area contributed by atoms with E-state index in [4.69, 9.17) is 5.11 Å². The molecule has 0 aliphatic carbocycles. The SMILES string of the molecule is CCC(C)(S)CC(C)(CC)CC(=O)O. The molecule has 14 heavy (non-hydrogen) atoms. The molecule has 2 unspecified atom stereocenters. The van der Waals surface area contributed by atoms with Crippen LogP contribution in [0.25, 0.3) is 0 Å². The van der Waals surface area contributed by atoms with Crippen LogP contribution in [-0.4, -0.2) is 15.8 Å². The number of carbonyl (C=O) groups is 1. The smallest absolute Gasteiger partial charge is 0.303 e. The van der Waals surface area contributed by atoms with Gasteiger partial charge in [-0.15, -0.1) is 0 Å². The number of carboxylic acid groups (broad SMARTS) is 1. The molecular weight excluding hydrogens is 196 g/mol. The van der Waals surface area contributed by atoms with E-state index >= 15 is 0 Å². The van der Waals surface area contributed by atoms with Gasteiger partial charge >= 0.3 is 5.97 Å². The van der Waals surface area contributed by atoms with Crippen LogP contribution in [0.2, 0.25) is 0 Å². The first-order valence-corrected chi connectivity index (χ1v) is 5.63. The zero-order chi connectivity index (χ0) is 11.4. The molecule has 0 amide bonds. The second-order valence-electron chi connectivity index (χ2n) is 4.76. The van der Waals surface area contributed by atoms with Crippen molar-refractivity contribution in [3.63, 3.8) is 0 Å². The van der Waals surface area contributed by atoms with Gasteiger partial charge in [0.2, 0.25) is 0 Å². The molecule has 0 rings (SSSR count). The minimum atomic E-state index is -0.713. The van der Waals surface area contributed by atoms with Crippen molar-refractivity contribution in [3.05, 3.63) is 0 Å².